The van der Waals surface area contributed by atoms with Crippen molar-refractivity contribution >= 4 is 16.7 Å². The van der Waals surface area contributed by atoms with E-state index in [2.05, 4.69) is 65.5 Å². The summed E-state index contributed by atoms with van der Waals surface area (Å²) in [6.45, 7) is 5.31. The molecule has 1 aromatic carbocycles. The van der Waals surface area contributed by atoms with Gasteiger partial charge in [0.25, 0.3) is 0 Å². The Morgan fingerprint density at radius 2 is 1.95 bits per heavy atom. The molecular weight excluding hydrogens is 266 g/mol. The van der Waals surface area contributed by atoms with Gasteiger partial charge >= 0.3 is 0 Å². The van der Waals surface area contributed by atoms with Gasteiger partial charge in [-0.05, 0) is 18.4 Å². The lowest BCUT2D eigenvalue weighted by Crippen LogP contribution is -2.29. The third-order valence-electron chi connectivity index (χ3n) is 4.05. The molecule has 1 saturated carbocycles. The average molecular weight is 287 g/mol. The van der Waals surface area contributed by atoms with Gasteiger partial charge in [0.1, 0.15) is 5.82 Å². The minimum Gasteiger partial charge on any atom is -0.349 e. The van der Waals surface area contributed by atoms with Crippen molar-refractivity contribution < 1.29 is 0 Å². The Balaban J connectivity index is 1.74. The normalized spacial score (nSPS) is 16.4. The van der Waals surface area contributed by atoms with Gasteiger partial charge in [0.15, 0.2) is 0 Å². The summed E-state index contributed by atoms with van der Waals surface area (Å²) in [5.74, 6) is 1.36. The van der Waals surface area contributed by atoms with E-state index in [1.165, 1.54) is 29.9 Å². The first kappa shape index (κ1) is 13.6. The van der Waals surface area contributed by atoms with Crippen molar-refractivity contribution in [2.75, 3.05) is 18.5 Å². The predicted octanol–water partition coefficient (Wildman–Crippen LogP) is 3.83. The van der Waals surface area contributed by atoms with Gasteiger partial charge in [-0.3, -0.25) is 0 Å². The fraction of sp³-hybridized carbons (Fsp3) is 0.500. The number of likely N-dealkylation sites (N-methyl/N-ethyl adjacent to an activating group) is 1. The Morgan fingerprint density at radius 1 is 1.25 bits per heavy atom. The largest absolute Gasteiger partial charge is 0.349 e. The molecule has 1 aliphatic rings. The summed E-state index contributed by atoms with van der Waals surface area (Å²) in [5, 5.41) is 1.04. The molecule has 106 valence electrons. The van der Waals surface area contributed by atoms with Crippen LogP contribution in [-0.2, 0) is 5.41 Å². The van der Waals surface area contributed by atoms with Gasteiger partial charge in [-0.2, -0.15) is 4.37 Å². The number of rotatable bonds is 5. The zero-order valence-corrected chi connectivity index (χ0v) is 13.2. The van der Waals surface area contributed by atoms with Crippen molar-refractivity contribution in [1.82, 2.24) is 9.36 Å². The van der Waals surface area contributed by atoms with Crippen LogP contribution in [0.1, 0.15) is 44.0 Å². The maximum absolute atomic E-state index is 4.65. The molecule has 0 unspecified atom stereocenters. The van der Waals surface area contributed by atoms with E-state index in [9.17, 15) is 0 Å². The quantitative estimate of drug-likeness (QED) is 0.837. The summed E-state index contributed by atoms with van der Waals surface area (Å²) in [4.78, 5) is 6.92. The molecule has 1 aromatic heterocycles. The monoisotopic (exact) mass is 287 g/mol. The zero-order valence-electron chi connectivity index (χ0n) is 12.3. The molecule has 20 heavy (non-hydrogen) atoms. The second-order valence-corrected chi connectivity index (χ2v) is 6.82. The van der Waals surface area contributed by atoms with E-state index in [4.69, 9.17) is 0 Å². The topological polar surface area (TPSA) is 29.0 Å². The number of nitrogens with zero attached hydrogens (tertiary/aromatic N) is 3. The van der Waals surface area contributed by atoms with E-state index in [0.717, 1.165) is 17.5 Å². The molecule has 0 spiro atoms. The van der Waals surface area contributed by atoms with E-state index < -0.39 is 0 Å². The van der Waals surface area contributed by atoms with Gasteiger partial charge < -0.3 is 4.90 Å². The summed E-state index contributed by atoms with van der Waals surface area (Å²) in [5.41, 5.74) is 1.79. The third kappa shape index (κ3) is 2.57. The second kappa shape index (κ2) is 5.17. The number of benzene rings is 1. The number of aromatic nitrogens is 2. The molecule has 0 aliphatic heterocycles. The lowest BCUT2D eigenvalue weighted by atomic mass is 9.96. The third-order valence-corrected chi connectivity index (χ3v) is 4.90. The highest BCUT2D eigenvalue weighted by molar-refractivity contribution is 7.09. The summed E-state index contributed by atoms with van der Waals surface area (Å²) in [6, 6.07) is 10.9. The fourth-order valence-corrected chi connectivity index (χ4v) is 3.38. The maximum Gasteiger partial charge on any atom is 0.204 e. The molecular formula is C16H21N3S. The van der Waals surface area contributed by atoms with E-state index in [1.807, 2.05) is 0 Å². The fourth-order valence-electron chi connectivity index (χ4n) is 2.62. The van der Waals surface area contributed by atoms with E-state index >= 15 is 0 Å². The Labute approximate surface area is 124 Å². The van der Waals surface area contributed by atoms with Crippen molar-refractivity contribution in [2.45, 2.75) is 38.0 Å². The van der Waals surface area contributed by atoms with E-state index in [-0.39, 0.29) is 0 Å². The molecule has 3 rings (SSSR count). The number of hydrogen-bond donors (Lipinski definition) is 0. The molecule has 0 atom stereocenters. The van der Waals surface area contributed by atoms with E-state index in [1.54, 1.807) is 0 Å². The van der Waals surface area contributed by atoms with Crippen LogP contribution in [0.5, 0.6) is 0 Å². The minimum absolute atomic E-state index is 0.333. The molecule has 0 saturated heterocycles. The number of hydrogen-bond acceptors (Lipinski definition) is 4. The van der Waals surface area contributed by atoms with Gasteiger partial charge in [0.05, 0.1) is 0 Å². The summed E-state index contributed by atoms with van der Waals surface area (Å²) >= 11 is 1.51. The summed E-state index contributed by atoms with van der Waals surface area (Å²) in [7, 11) is 2.13. The Morgan fingerprint density at radius 3 is 2.50 bits per heavy atom. The molecule has 0 N–H and O–H groups in total. The van der Waals surface area contributed by atoms with Crippen molar-refractivity contribution in [3.05, 3.63) is 41.7 Å². The molecule has 1 fully saturated rings. The molecule has 1 aliphatic carbocycles. The molecule has 1 heterocycles. The Hall–Kier alpha value is -1.42. The van der Waals surface area contributed by atoms with Crippen LogP contribution < -0.4 is 4.90 Å². The van der Waals surface area contributed by atoms with Crippen molar-refractivity contribution in [2.24, 2.45) is 0 Å². The summed E-state index contributed by atoms with van der Waals surface area (Å²) in [6.07, 6.45) is 2.55. The lowest BCUT2D eigenvalue weighted by molar-refractivity contribution is 0.670. The van der Waals surface area contributed by atoms with Crippen molar-refractivity contribution in [1.29, 1.82) is 0 Å². The molecule has 2 aromatic rings. The summed E-state index contributed by atoms with van der Waals surface area (Å²) < 4.78 is 4.45. The van der Waals surface area contributed by atoms with Gasteiger partial charge in [0, 0.05) is 36.5 Å². The standard InChI is InChI=1S/C16H21N3S/c1-12(2)14-17-15(20-18-14)19(3)11-16(9-10-16)13-7-5-4-6-8-13/h4-8,12H,9-11H2,1-3H3. The highest BCUT2D eigenvalue weighted by Gasteiger charge is 2.45. The smallest absolute Gasteiger partial charge is 0.204 e. The maximum atomic E-state index is 4.65. The van der Waals surface area contributed by atoms with Crippen LogP contribution in [0.3, 0.4) is 0 Å². The van der Waals surface area contributed by atoms with E-state index in [0.29, 0.717) is 11.3 Å². The van der Waals surface area contributed by atoms with Gasteiger partial charge in [-0.15, -0.1) is 0 Å². The van der Waals surface area contributed by atoms with Crippen LogP contribution in [0.2, 0.25) is 0 Å². The predicted molar refractivity (Wildman–Crippen MR) is 84.6 cm³/mol. The Bertz CT molecular complexity index is 572. The molecule has 4 heteroatoms. The number of anilines is 1. The SMILES string of the molecule is CC(C)c1nsc(N(C)CC2(c3ccccc3)CC2)n1. The van der Waals surface area contributed by atoms with Crippen LogP contribution in [0.4, 0.5) is 5.13 Å². The van der Waals surface area contributed by atoms with Crippen LogP contribution in [-0.4, -0.2) is 22.9 Å². The van der Waals surface area contributed by atoms with Gasteiger partial charge in [-0.1, -0.05) is 44.2 Å². The minimum atomic E-state index is 0.333. The van der Waals surface area contributed by atoms with Gasteiger partial charge in [0.2, 0.25) is 5.13 Å². The van der Waals surface area contributed by atoms with Crippen molar-refractivity contribution in [3.63, 3.8) is 0 Å². The highest BCUT2D eigenvalue weighted by Crippen LogP contribution is 2.49. The average Bonchev–Trinajstić information content (AvgIpc) is 3.05. The second-order valence-electron chi connectivity index (χ2n) is 6.09. The highest BCUT2D eigenvalue weighted by atomic mass is 32.1. The first-order valence-corrected chi connectivity index (χ1v) is 7.98. The van der Waals surface area contributed by atoms with Crippen LogP contribution >= 0.6 is 11.5 Å². The molecule has 0 radical (unpaired) electrons. The first-order chi connectivity index (χ1) is 9.61. The molecule has 0 bridgehead atoms. The van der Waals surface area contributed by atoms with Crippen LogP contribution in [0, 0.1) is 0 Å². The van der Waals surface area contributed by atoms with Crippen LogP contribution in [0.15, 0.2) is 30.3 Å². The van der Waals surface area contributed by atoms with Crippen LogP contribution in [0.25, 0.3) is 0 Å². The van der Waals surface area contributed by atoms with Crippen molar-refractivity contribution in [3.8, 4) is 0 Å². The lowest BCUT2D eigenvalue weighted by Gasteiger charge is -2.23. The van der Waals surface area contributed by atoms with Gasteiger partial charge in [-0.25, -0.2) is 4.98 Å². The first-order valence-electron chi connectivity index (χ1n) is 7.21. The molecule has 3 nitrogen and oxygen atoms in total. The zero-order chi connectivity index (χ0) is 14.2. The molecule has 0 amide bonds. The Kier molecular flexibility index (Phi) is 3.50.